The molecular weight excluding hydrogens is 178 g/mol. The van der Waals surface area contributed by atoms with Gasteiger partial charge < -0.3 is 1.43 Å². The largest absolute Gasteiger partial charge is 1.00 e. The van der Waals surface area contributed by atoms with Crippen molar-refractivity contribution in [3.8, 4) is 0 Å². The van der Waals surface area contributed by atoms with Crippen molar-refractivity contribution in [1.29, 1.82) is 0 Å². The van der Waals surface area contributed by atoms with Gasteiger partial charge >= 0.3 is 29.3 Å². The molecule has 0 aromatic heterocycles. The van der Waals surface area contributed by atoms with Gasteiger partial charge in [0.1, 0.15) is 0 Å². The predicted molar refractivity (Wildman–Crippen MR) is 17.8 cm³/mol. The number of rotatable bonds is 0. The van der Waals surface area contributed by atoms with E-state index < -0.39 is 10.4 Å². The monoisotopic (exact) mass is 182 g/mol. The van der Waals surface area contributed by atoms with Crippen LogP contribution in [0.2, 0.25) is 0 Å². The SMILES string of the molecule is F.O=S(=O)(O)O.[Fe].[H-].[Li+]. The fourth-order valence-electron chi connectivity index (χ4n) is 0. The molecule has 0 aliphatic rings. The first kappa shape index (κ1) is 23.1. The molecule has 0 spiro atoms. The average molecular weight is 182 g/mol. The molecule has 0 heterocycles. The number of halogens is 1. The third kappa shape index (κ3) is 288. The van der Waals surface area contributed by atoms with Crippen LogP contribution in [0.15, 0.2) is 0 Å². The average Bonchev–Trinajstić information content (AvgIpc) is 0.722. The quantitative estimate of drug-likeness (QED) is 0.302. The van der Waals surface area contributed by atoms with Gasteiger partial charge in [-0.2, -0.15) is 8.42 Å². The van der Waals surface area contributed by atoms with Crippen LogP contribution >= 0.6 is 0 Å². The molecule has 0 radical (unpaired) electrons. The second-order valence-corrected chi connectivity index (χ2v) is 1.34. The van der Waals surface area contributed by atoms with E-state index in [-0.39, 0.29) is 42.1 Å². The van der Waals surface area contributed by atoms with E-state index in [1.807, 2.05) is 0 Å². The van der Waals surface area contributed by atoms with Crippen molar-refractivity contribution in [3.63, 3.8) is 0 Å². The normalized spacial score (nSPS) is 7.25. The molecule has 0 rings (SSSR count). The van der Waals surface area contributed by atoms with Crippen molar-refractivity contribution >= 4 is 10.4 Å². The molecule has 0 unspecified atom stereocenters. The molecule has 50 valence electrons. The van der Waals surface area contributed by atoms with Crippen LogP contribution in [0.1, 0.15) is 1.43 Å². The number of hydrogen-bond acceptors (Lipinski definition) is 2. The predicted octanol–water partition coefficient (Wildman–Crippen LogP) is -3.39. The van der Waals surface area contributed by atoms with Crippen LogP contribution in [0, 0.1) is 0 Å². The van der Waals surface area contributed by atoms with Crippen molar-refractivity contribution in [1.82, 2.24) is 0 Å². The van der Waals surface area contributed by atoms with Crippen LogP contribution in [-0.4, -0.2) is 17.5 Å². The van der Waals surface area contributed by atoms with Gasteiger partial charge in [-0.25, -0.2) is 0 Å². The molecule has 0 aliphatic heterocycles. The van der Waals surface area contributed by atoms with E-state index >= 15 is 0 Å². The molecule has 0 saturated heterocycles. The summed E-state index contributed by atoms with van der Waals surface area (Å²) in [5, 5.41) is 0. The van der Waals surface area contributed by atoms with Gasteiger partial charge in [0.25, 0.3) is 0 Å². The Kier molecular flexibility index (Phi) is 22.9. The first-order valence-corrected chi connectivity index (χ1v) is 2.10. The maximum Gasteiger partial charge on any atom is 1.00 e. The van der Waals surface area contributed by atoms with E-state index in [9.17, 15) is 0 Å². The minimum absolute atomic E-state index is 0. The molecule has 0 aromatic carbocycles. The Bertz CT molecular complexity index is 104. The van der Waals surface area contributed by atoms with E-state index in [1.165, 1.54) is 0 Å². The van der Waals surface area contributed by atoms with Crippen LogP contribution in [0.25, 0.3) is 0 Å². The van der Waals surface area contributed by atoms with Crippen LogP contribution in [0.3, 0.4) is 0 Å². The smallest absolute Gasteiger partial charge is 1.00 e. The third-order valence-electron chi connectivity index (χ3n) is 0. The van der Waals surface area contributed by atoms with Gasteiger partial charge in [-0.3, -0.25) is 13.8 Å². The summed E-state index contributed by atoms with van der Waals surface area (Å²) in [7, 11) is -4.67. The maximum absolute atomic E-state index is 8.74. The summed E-state index contributed by atoms with van der Waals surface area (Å²) in [5.41, 5.74) is 0. The summed E-state index contributed by atoms with van der Waals surface area (Å²) in [6, 6.07) is 0. The van der Waals surface area contributed by atoms with Crippen molar-refractivity contribution in [2.75, 3.05) is 0 Å². The van der Waals surface area contributed by atoms with Gasteiger partial charge in [0.2, 0.25) is 0 Å². The Hall–Kier alpha value is 0.917. The number of hydrogen-bond donors (Lipinski definition) is 2. The van der Waals surface area contributed by atoms with E-state index in [1.54, 1.807) is 0 Å². The zero-order chi connectivity index (χ0) is 4.50. The zero-order valence-electron chi connectivity index (χ0n) is 4.88. The molecule has 0 aliphatic carbocycles. The molecule has 0 saturated carbocycles. The fraction of sp³-hybridized carbons (Fsp3) is 0. The minimum Gasteiger partial charge on any atom is -1.00 e. The van der Waals surface area contributed by atoms with E-state index in [2.05, 4.69) is 0 Å². The molecule has 0 aromatic rings. The molecule has 0 bridgehead atoms. The topological polar surface area (TPSA) is 74.6 Å². The van der Waals surface area contributed by atoms with Crippen molar-refractivity contribution in [2.24, 2.45) is 0 Å². The van der Waals surface area contributed by atoms with Crippen LogP contribution in [0.5, 0.6) is 0 Å². The first-order chi connectivity index (χ1) is 2.00. The van der Waals surface area contributed by atoms with Crippen LogP contribution in [-0.2, 0) is 27.5 Å². The fourth-order valence-corrected chi connectivity index (χ4v) is 0. The summed E-state index contributed by atoms with van der Waals surface area (Å²) >= 11 is 0. The van der Waals surface area contributed by atoms with Crippen LogP contribution < -0.4 is 18.9 Å². The summed E-state index contributed by atoms with van der Waals surface area (Å²) < 4.78 is 31.6. The van der Waals surface area contributed by atoms with Gasteiger partial charge in [0.15, 0.2) is 0 Å². The second kappa shape index (κ2) is 7.92. The molecular formula is H4FFeLiO4S. The Morgan fingerprint density at radius 3 is 1.25 bits per heavy atom. The zero-order valence-corrected chi connectivity index (χ0v) is 5.80. The Morgan fingerprint density at radius 2 is 1.25 bits per heavy atom. The van der Waals surface area contributed by atoms with E-state index in [0.717, 1.165) is 0 Å². The van der Waals surface area contributed by atoms with Crippen molar-refractivity contribution in [2.45, 2.75) is 0 Å². The van der Waals surface area contributed by atoms with Gasteiger partial charge in [-0.1, -0.05) is 0 Å². The van der Waals surface area contributed by atoms with Crippen molar-refractivity contribution < 1.29 is 59.6 Å². The summed E-state index contributed by atoms with van der Waals surface area (Å²) in [6.07, 6.45) is 0. The van der Waals surface area contributed by atoms with E-state index in [0.29, 0.717) is 0 Å². The van der Waals surface area contributed by atoms with Gasteiger partial charge in [-0.15, -0.1) is 0 Å². The molecule has 2 N–H and O–H groups in total. The van der Waals surface area contributed by atoms with E-state index in [4.69, 9.17) is 17.5 Å². The maximum atomic E-state index is 8.74. The Morgan fingerprint density at radius 1 is 1.25 bits per heavy atom. The summed E-state index contributed by atoms with van der Waals surface area (Å²) in [5.74, 6) is 0. The molecule has 0 atom stereocenters. The molecule has 8 heavy (non-hydrogen) atoms. The van der Waals surface area contributed by atoms with Crippen LogP contribution in [0.4, 0.5) is 4.70 Å². The summed E-state index contributed by atoms with van der Waals surface area (Å²) in [6.45, 7) is 0. The standard InChI is InChI=1S/FH.Fe.Li.H2O4S.H/c;;;1-5(2,3)4;/h1H;;;(H2,1,2,3,4);/q;;+1;;-1. The minimum atomic E-state index is -4.67. The summed E-state index contributed by atoms with van der Waals surface area (Å²) in [4.78, 5) is 0. The molecule has 4 nitrogen and oxygen atoms in total. The van der Waals surface area contributed by atoms with Gasteiger partial charge in [0, 0.05) is 17.1 Å². The first-order valence-electron chi connectivity index (χ1n) is 0.698. The van der Waals surface area contributed by atoms with Gasteiger partial charge in [-0.05, 0) is 0 Å². The Balaban J connectivity index is -0.0000000133. The molecule has 8 heteroatoms. The Labute approximate surface area is 70.1 Å². The van der Waals surface area contributed by atoms with Gasteiger partial charge in [0.05, 0.1) is 0 Å². The third-order valence-corrected chi connectivity index (χ3v) is 0. The molecule has 0 amide bonds. The molecule has 0 fully saturated rings. The second-order valence-electron chi connectivity index (χ2n) is 0.448. The van der Waals surface area contributed by atoms with Crippen molar-refractivity contribution in [3.05, 3.63) is 0 Å².